The largest absolute Gasteiger partial charge is 0.493 e. The summed E-state index contributed by atoms with van der Waals surface area (Å²) in [6, 6.07) is 17.5. The first-order valence-corrected chi connectivity index (χ1v) is 16.5. The van der Waals surface area contributed by atoms with Gasteiger partial charge in [-0.05, 0) is 60.3 Å². The molecule has 3 aliphatic heterocycles. The minimum absolute atomic E-state index is 0.299. The van der Waals surface area contributed by atoms with Crippen LogP contribution in [0.3, 0.4) is 0 Å². The number of nitrogens with zero attached hydrogens (tertiary/aromatic N) is 3. The lowest BCUT2D eigenvalue weighted by molar-refractivity contribution is -0.686. The minimum atomic E-state index is -3.45. The Balaban J connectivity index is 0.000000149. The van der Waals surface area contributed by atoms with Crippen molar-refractivity contribution in [2.24, 2.45) is 0 Å². The average Bonchev–Trinajstić information content (AvgIpc) is 3.35. The summed E-state index contributed by atoms with van der Waals surface area (Å²) in [6.07, 6.45) is 7.27. The van der Waals surface area contributed by atoms with Crippen LogP contribution in [0.15, 0.2) is 78.1 Å². The number of hydrogen-bond donors (Lipinski definition) is 1. The number of hydrogen-bond acceptors (Lipinski definition) is 8. The van der Waals surface area contributed by atoms with E-state index >= 15 is 0 Å². The van der Waals surface area contributed by atoms with Crippen molar-refractivity contribution in [3.63, 3.8) is 0 Å². The summed E-state index contributed by atoms with van der Waals surface area (Å²) in [5.74, 6) is 3.18. The van der Waals surface area contributed by atoms with Gasteiger partial charge in [-0.3, -0.25) is 4.98 Å². The lowest BCUT2D eigenvalue weighted by atomic mass is 9.95. The summed E-state index contributed by atoms with van der Waals surface area (Å²) in [5.41, 5.74) is 3.68. The number of aromatic nitrogens is 2. The molecule has 0 bridgehead atoms. The molecule has 2 aromatic heterocycles. The van der Waals surface area contributed by atoms with Crippen molar-refractivity contribution >= 4 is 31.6 Å². The van der Waals surface area contributed by atoms with Crippen LogP contribution in [-0.2, 0) is 23.0 Å². The van der Waals surface area contributed by atoms with E-state index in [2.05, 4.69) is 45.3 Å². The number of sulfonamides is 1. The predicted molar refractivity (Wildman–Crippen MR) is 170 cm³/mol. The molecular weight excluding hydrogens is 592 g/mol. The molecule has 5 aromatic rings. The van der Waals surface area contributed by atoms with Crippen molar-refractivity contribution in [1.82, 2.24) is 14.6 Å². The van der Waals surface area contributed by atoms with Crippen LogP contribution in [0, 0.1) is 0 Å². The maximum atomic E-state index is 12.8. The van der Waals surface area contributed by atoms with Gasteiger partial charge < -0.3 is 24.3 Å². The van der Waals surface area contributed by atoms with Crippen molar-refractivity contribution in [3.05, 3.63) is 78.8 Å². The fourth-order valence-corrected chi connectivity index (χ4v) is 7.98. The van der Waals surface area contributed by atoms with Crippen molar-refractivity contribution in [1.29, 1.82) is 0 Å². The SMILES string of the molecule is COc1ccc2cc3[n+](cc2c1OC)CCc1cc2c(cc1-3)OCO2.O=S(=O)(c1cccc2cnccc12)N1CCCNCC1. The summed E-state index contributed by atoms with van der Waals surface area (Å²) in [7, 11) is -0.108. The van der Waals surface area contributed by atoms with Gasteiger partial charge in [0.25, 0.3) is 0 Å². The van der Waals surface area contributed by atoms with Gasteiger partial charge in [0, 0.05) is 55.3 Å². The van der Waals surface area contributed by atoms with E-state index in [0.29, 0.717) is 31.3 Å². The lowest BCUT2D eigenvalue weighted by Crippen LogP contribution is -2.40. The smallest absolute Gasteiger partial charge is 0.243 e. The summed E-state index contributed by atoms with van der Waals surface area (Å²) in [5, 5.41) is 6.98. The number of benzene rings is 3. The Labute approximate surface area is 262 Å². The molecular formula is C34H35N4O6S+. The molecule has 8 rings (SSSR count). The second kappa shape index (κ2) is 12.2. The molecule has 0 saturated carbocycles. The van der Waals surface area contributed by atoms with Crippen LogP contribution in [0.1, 0.15) is 12.0 Å². The van der Waals surface area contributed by atoms with Crippen LogP contribution in [0.2, 0.25) is 0 Å². The van der Waals surface area contributed by atoms with Gasteiger partial charge in [-0.1, -0.05) is 12.1 Å². The standard InChI is InChI=1S/C20H18NO4.C14H17N3O2S/c1-22-17-4-3-12-7-16-14-9-19-18(24-11-25-19)8-13(14)5-6-21(16)10-15(12)20(17)23-2;18-20(19,17-9-2-6-15-8-10-17)14-4-1-3-12-11-16-7-5-13(12)14/h3-4,7-10H,5-6,11H2,1-2H3;1,3-5,7,11,15H,2,6,8-10H2/q+1;. The minimum Gasteiger partial charge on any atom is -0.493 e. The normalized spacial score (nSPS) is 15.9. The Morgan fingerprint density at radius 1 is 0.933 bits per heavy atom. The maximum Gasteiger partial charge on any atom is 0.243 e. The molecule has 0 amide bonds. The van der Waals surface area contributed by atoms with E-state index in [-0.39, 0.29) is 0 Å². The number of ether oxygens (including phenoxy) is 4. The van der Waals surface area contributed by atoms with Crippen LogP contribution >= 0.6 is 0 Å². The number of fused-ring (bicyclic) bond motifs is 6. The first-order chi connectivity index (χ1) is 22.0. The van der Waals surface area contributed by atoms with E-state index in [1.165, 1.54) is 16.8 Å². The van der Waals surface area contributed by atoms with Gasteiger partial charge in [0.1, 0.15) is 0 Å². The maximum absolute atomic E-state index is 12.8. The molecule has 1 saturated heterocycles. The molecule has 0 radical (unpaired) electrons. The highest BCUT2D eigenvalue weighted by Gasteiger charge is 2.29. The Morgan fingerprint density at radius 2 is 1.80 bits per heavy atom. The first-order valence-electron chi connectivity index (χ1n) is 15.0. The summed E-state index contributed by atoms with van der Waals surface area (Å²) in [4.78, 5) is 4.42. The van der Waals surface area contributed by atoms with Gasteiger partial charge >= 0.3 is 0 Å². The van der Waals surface area contributed by atoms with Gasteiger partial charge in [-0.2, -0.15) is 8.87 Å². The van der Waals surface area contributed by atoms with Gasteiger partial charge in [-0.25, -0.2) is 8.42 Å². The monoisotopic (exact) mass is 627 g/mol. The lowest BCUT2D eigenvalue weighted by Gasteiger charge is -2.20. The van der Waals surface area contributed by atoms with E-state index in [0.717, 1.165) is 70.5 Å². The third-order valence-corrected chi connectivity index (χ3v) is 10.5. The molecule has 11 heteroatoms. The van der Waals surface area contributed by atoms with Crippen molar-refractivity contribution < 1.29 is 31.9 Å². The molecule has 3 aromatic carbocycles. The Kier molecular flexibility index (Phi) is 7.90. The second-order valence-corrected chi connectivity index (χ2v) is 13.0. The van der Waals surface area contributed by atoms with Crippen molar-refractivity contribution in [2.45, 2.75) is 24.3 Å². The van der Waals surface area contributed by atoms with Gasteiger partial charge in [-0.15, -0.1) is 0 Å². The third-order valence-electron chi connectivity index (χ3n) is 8.56. The molecule has 10 nitrogen and oxygen atoms in total. The van der Waals surface area contributed by atoms with E-state index in [4.69, 9.17) is 18.9 Å². The zero-order valence-electron chi connectivity index (χ0n) is 25.3. The van der Waals surface area contributed by atoms with Gasteiger partial charge in [0.15, 0.2) is 35.7 Å². The molecule has 232 valence electrons. The molecule has 0 atom stereocenters. The Bertz CT molecular complexity index is 2000. The highest BCUT2D eigenvalue weighted by Crippen LogP contribution is 2.41. The Hall–Kier alpha value is -4.45. The molecule has 0 unspecified atom stereocenters. The fraction of sp³-hybridized carbons (Fsp3) is 0.294. The highest BCUT2D eigenvalue weighted by molar-refractivity contribution is 7.89. The molecule has 1 N–H and O–H groups in total. The van der Waals surface area contributed by atoms with Crippen LogP contribution in [-0.4, -0.2) is 64.9 Å². The molecule has 45 heavy (non-hydrogen) atoms. The van der Waals surface area contributed by atoms with Crippen LogP contribution in [0.4, 0.5) is 0 Å². The summed E-state index contributed by atoms with van der Waals surface area (Å²) in [6.45, 7) is 3.86. The van der Waals surface area contributed by atoms with E-state index < -0.39 is 10.0 Å². The van der Waals surface area contributed by atoms with Crippen LogP contribution in [0.5, 0.6) is 23.0 Å². The molecule has 0 spiro atoms. The van der Waals surface area contributed by atoms with E-state index in [1.807, 2.05) is 12.1 Å². The molecule has 3 aliphatic rings. The molecule has 5 heterocycles. The van der Waals surface area contributed by atoms with Crippen LogP contribution < -0.4 is 28.8 Å². The zero-order valence-corrected chi connectivity index (χ0v) is 26.1. The molecule has 1 fully saturated rings. The van der Waals surface area contributed by atoms with Gasteiger partial charge in [0.2, 0.25) is 22.5 Å². The topological polar surface area (TPSA) is 103 Å². The third kappa shape index (κ3) is 5.41. The summed E-state index contributed by atoms with van der Waals surface area (Å²) >= 11 is 0. The average molecular weight is 628 g/mol. The quantitative estimate of drug-likeness (QED) is 0.294. The first kappa shape index (κ1) is 29.3. The number of aryl methyl sites for hydroxylation is 2. The van der Waals surface area contributed by atoms with E-state index in [1.54, 1.807) is 49.1 Å². The van der Waals surface area contributed by atoms with Crippen molar-refractivity contribution in [3.8, 4) is 34.3 Å². The van der Waals surface area contributed by atoms with Crippen LogP contribution in [0.25, 0.3) is 32.8 Å². The molecule has 0 aliphatic carbocycles. The number of methoxy groups -OCH3 is 2. The fourth-order valence-electron chi connectivity index (χ4n) is 6.29. The Morgan fingerprint density at radius 3 is 2.64 bits per heavy atom. The zero-order chi connectivity index (χ0) is 31.0. The number of nitrogens with one attached hydrogen (secondary N) is 1. The number of pyridine rings is 2. The number of rotatable bonds is 4. The summed E-state index contributed by atoms with van der Waals surface area (Å²) < 4.78 is 51.6. The predicted octanol–water partition coefficient (Wildman–Crippen LogP) is 4.32. The van der Waals surface area contributed by atoms with Crippen molar-refractivity contribution in [2.75, 3.05) is 47.2 Å². The highest BCUT2D eigenvalue weighted by atomic mass is 32.2. The van der Waals surface area contributed by atoms with Gasteiger partial charge in [0.05, 0.1) is 30.1 Å². The van der Waals surface area contributed by atoms with E-state index in [9.17, 15) is 8.42 Å². The second-order valence-electron chi connectivity index (χ2n) is 11.1.